The predicted octanol–water partition coefficient (Wildman–Crippen LogP) is 12.2. The van der Waals surface area contributed by atoms with E-state index in [0.29, 0.717) is 29.2 Å². The molecule has 5 heteroatoms. The molecule has 5 rings (SSSR count). The Morgan fingerprint density at radius 1 is 0.636 bits per heavy atom. The minimum Gasteiger partial charge on any atom is -0.490 e. The van der Waals surface area contributed by atoms with Gasteiger partial charge in [-0.3, -0.25) is 0 Å². The predicted molar refractivity (Wildman–Crippen MR) is 172 cm³/mol. The van der Waals surface area contributed by atoms with Crippen LogP contribution in [0, 0.1) is 41.0 Å². The second-order valence-corrected chi connectivity index (χ2v) is 12.9. The highest BCUT2D eigenvalue weighted by Crippen LogP contribution is 2.45. The monoisotopic (exact) mass is 606 g/mol. The highest BCUT2D eigenvalue weighted by Gasteiger charge is 2.32. The average Bonchev–Trinajstić information content (AvgIpc) is 3.05. The Hall–Kier alpha value is -3.08. The van der Waals surface area contributed by atoms with Gasteiger partial charge in [-0.15, -0.1) is 0 Å². The summed E-state index contributed by atoms with van der Waals surface area (Å²) in [5, 5.41) is 0. The van der Waals surface area contributed by atoms with Crippen LogP contribution in [0.4, 0.5) is 17.6 Å². The van der Waals surface area contributed by atoms with Crippen molar-refractivity contribution in [3.63, 3.8) is 0 Å². The van der Waals surface area contributed by atoms with E-state index in [1.807, 2.05) is 0 Å². The van der Waals surface area contributed by atoms with Crippen LogP contribution in [0.25, 0.3) is 22.3 Å². The molecule has 2 fully saturated rings. The van der Waals surface area contributed by atoms with E-state index in [1.54, 1.807) is 36.4 Å². The van der Waals surface area contributed by atoms with E-state index < -0.39 is 23.3 Å². The number of halogens is 4. The number of allylic oxidation sites excluding steroid dienone is 2. The van der Waals surface area contributed by atoms with Crippen molar-refractivity contribution in [2.24, 2.45) is 17.8 Å². The van der Waals surface area contributed by atoms with E-state index in [-0.39, 0.29) is 22.8 Å². The van der Waals surface area contributed by atoms with Crippen LogP contribution in [0.1, 0.15) is 102 Å². The molecule has 0 aliphatic heterocycles. The van der Waals surface area contributed by atoms with Gasteiger partial charge in [0.15, 0.2) is 23.2 Å². The van der Waals surface area contributed by atoms with Crippen molar-refractivity contribution in [3.05, 3.63) is 89.5 Å². The Bertz CT molecular complexity index is 1400. The van der Waals surface area contributed by atoms with Crippen LogP contribution < -0.4 is 4.74 Å². The van der Waals surface area contributed by atoms with Crippen molar-refractivity contribution in [2.75, 3.05) is 6.61 Å². The molecule has 2 aliphatic carbocycles. The van der Waals surface area contributed by atoms with Gasteiger partial charge in [0.25, 0.3) is 0 Å². The fourth-order valence-electron chi connectivity index (χ4n) is 7.49. The number of benzene rings is 3. The first-order valence-electron chi connectivity index (χ1n) is 16.7. The van der Waals surface area contributed by atoms with Crippen molar-refractivity contribution < 1.29 is 22.3 Å². The third-order valence-electron chi connectivity index (χ3n) is 10.1. The quantitative estimate of drug-likeness (QED) is 0.120. The summed E-state index contributed by atoms with van der Waals surface area (Å²) in [4.78, 5) is 0. The fraction of sp³-hybridized carbons (Fsp3) is 0.487. The van der Waals surface area contributed by atoms with Gasteiger partial charge < -0.3 is 4.74 Å². The van der Waals surface area contributed by atoms with Crippen molar-refractivity contribution >= 4 is 0 Å². The topological polar surface area (TPSA) is 9.23 Å². The zero-order valence-electron chi connectivity index (χ0n) is 26.2. The number of hydrogen-bond donors (Lipinski definition) is 0. The molecule has 2 saturated carbocycles. The maximum absolute atomic E-state index is 15.4. The summed E-state index contributed by atoms with van der Waals surface area (Å²) in [6.07, 6.45) is 17.5. The first-order chi connectivity index (χ1) is 21.4. The average molecular weight is 607 g/mol. The molecule has 3 aromatic carbocycles. The largest absolute Gasteiger partial charge is 0.490 e. The summed E-state index contributed by atoms with van der Waals surface area (Å²) >= 11 is 0. The van der Waals surface area contributed by atoms with Crippen molar-refractivity contribution in [1.82, 2.24) is 0 Å². The molecular formula is C39H46F4O. The zero-order chi connectivity index (χ0) is 31.1. The standard InChI is InChI=1S/C39H46F4O/c1-3-5-6-7-25-44-35-24-23-34(38(42)39(35)43)31-19-17-30(18-20-31)33-22-21-32(36(40)37(33)41)29-15-13-28(14-16-29)27-11-9-26(8-4-2)10-12-27/h4,8,17-24,26-29H,3,5-7,9-16,25H2,1-2H3. The second-order valence-electron chi connectivity index (χ2n) is 12.9. The lowest BCUT2D eigenvalue weighted by Crippen LogP contribution is -2.25. The highest BCUT2D eigenvalue weighted by atomic mass is 19.2. The Morgan fingerprint density at radius 3 is 1.80 bits per heavy atom. The summed E-state index contributed by atoms with van der Waals surface area (Å²) in [5.74, 6) is -1.49. The molecule has 3 aromatic rings. The Kier molecular flexibility index (Phi) is 11.2. The zero-order valence-corrected chi connectivity index (χ0v) is 26.2. The van der Waals surface area contributed by atoms with Crippen LogP contribution in [0.5, 0.6) is 5.75 Å². The van der Waals surface area contributed by atoms with Crippen LogP contribution in [0.2, 0.25) is 0 Å². The van der Waals surface area contributed by atoms with Gasteiger partial charge in [-0.25, -0.2) is 13.2 Å². The van der Waals surface area contributed by atoms with Crippen LogP contribution >= 0.6 is 0 Å². The molecule has 0 unspecified atom stereocenters. The minimum atomic E-state index is -1.02. The number of rotatable bonds is 11. The Morgan fingerprint density at radius 2 is 1.20 bits per heavy atom. The van der Waals surface area contributed by atoms with Crippen LogP contribution in [-0.4, -0.2) is 6.61 Å². The lowest BCUT2D eigenvalue weighted by atomic mass is 9.68. The fourth-order valence-corrected chi connectivity index (χ4v) is 7.49. The first-order valence-corrected chi connectivity index (χ1v) is 16.7. The minimum absolute atomic E-state index is 0.0395. The van der Waals surface area contributed by atoms with Crippen LogP contribution in [-0.2, 0) is 0 Å². The van der Waals surface area contributed by atoms with Crippen LogP contribution in [0.3, 0.4) is 0 Å². The molecule has 0 N–H and O–H groups in total. The van der Waals surface area contributed by atoms with Crippen molar-refractivity contribution in [1.29, 1.82) is 0 Å². The van der Waals surface area contributed by atoms with Crippen molar-refractivity contribution in [3.8, 4) is 28.0 Å². The van der Waals surface area contributed by atoms with Crippen molar-refractivity contribution in [2.45, 2.75) is 96.8 Å². The molecular weight excluding hydrogens is 560 g/mol. The van der Waals surface area contributed by atoms with E-state index >= 15 is 8.78 Å². The third kappa shape index (κ3) is 7.41. The maximum atomic E-state index is 15.4. The van der Waals surface area contributed by atoms with Gasteiger partial charge in [0, 0.05) is 11.1 Å². The van der Waals surface area contributed by atoms with Gasteiger partial charge in [-0.2, -0.15) is 4.39 Å². The molecule has 0 spiro atoms. The number of unbranched alkanes of at least 4 members (excludes halogenated alkanes) is 3. The molecule has 236 valence electrons. The smallest absolute Gasteiger partial charge is 0.201 e. The molecule has 0 saturated heterocycles. The van der Waals surface area contributed by atoms with Gasteiger partial charge in [-0.1, -0.05) is 74.7 Å². The Labute approximate surface area is 260 Å². The van der Waals surface area contributed by atoms with Gasteiger partial charge in [0.1, 0.15) is 0 Å². The summed E-state index contributed by atoms with van der Waals surface area (Å²) < 4.78 is 66.0. The molecule has 0 amide bonds. The molecule has 0 aromatic heterocycles. The molecule has 0 radical (unpaired) electrons. The SMILES string of the molecule is CC=CC1CCC(C2CCC(c3ccc(-c4ccc(-c5ccc(OCCCCCC)c(F)c5F)cc4)c(F)c3F)CC2)CC1. The normalized spacial score (nSPS) is 22.4. The van der Waals surface area contributed by atoms with E-state index in [0.717, 1.165) is 63.2 Å². The maximum Gasteiger partial charge on any atom is 0.201 e. The van der Waals surface area contributed by atoms with E-state index in [2.05, 4.69) is 26.0 Å². The van der Waals surface area contributed by atoms with Gasteiger partial charge >= 0.3 is 0 Å². The highest BCUT2D eigenvalue weighted by molar-refractivity contribution is 5.72. The summed E-state index contributed by atoms with van der Waals surface area (Å²) in [7, 11) is 0. The third-order valence-corrected chi connectivity index (χ3v) is 10.1. The summed E-state index contributed by atoms with van der Waals surface area (Å²) in [6.45, 7) is 4.54. The number of hydrogen-bond acceptors (Lipinski definition) is 1. The van der Waals surface area contributed by atoms with Crippen LogP contribution in [0.15, 0.2) is 60.7 Å². The molecule has 1 nitrogen and oxygen atoms in total. The second kappa shape index (κ2) is 15.3. The molecule has 0 atom stereocenters. The number of ether oxygens (including phenoxy) is 1. The summed E-state index contributed by atoms with van der Waals surface area (Å²) in [5.41, 5.74) is 1.67. The molecule has 0 bridgehead atoms. The van der Waals surface area contributed by atoms with Gasteiger partial charge in [0.2, 0.25) is 5.82 Å². The van der Waals surface area contributed by atoms with Gasteiger partial charge in [0.05, 0.1) is 6.61 Å². The molecule has 2 aliphatic rings. The van der Waals surface area contributed by atoms with E-state index in [1.165, 1.54) is 37.8 Å². The lowest BCUT2D eigenvalue weighted by molar-refractivity contribution is 0.170. The van der Waals surface area contributed by atoms with Gasteiger partial charge in [-0.05, 0) is 117 Å². The molecule has 0 heterocycles. The first kappa shape index (κ1) is 32.3. The lowest BCUT2D eigenvalue weighted by Gasteiger charge is -2.37. The summed E-state index contributed by atoms with van der Waals surface area (Å²) in [6, 6.07) is 12.8. The van der Waals surface area contributed by atoms with E-state index in [4.69, 9.17) is 4.74 Å². The molecule has 44 heavy (non-hydrogen) atoms. The Balaban J connectivity index is 1.22. The van der Waals surface area contributed by atoms with E-state index in [9.17, 15) is 8.78 Å².